The zero-order valence-electron chi connectivity index (χ0n) is 10.5. The first-order chi connectivity index (χ1) is 9.65. The van der Waals surface area contributed by atoms with E-state index >= 15 is 0 Å². The highest BCUT2D eigenvalue weighted by Crippen LogP contribution is 2.20. The molecule has 1 aromatic carbocycles. The molecule has 2 heterocycles. The second-order valence-corrected chi connectivity index (χ2v) is 5.36. The molecule has 0 aliphatic rings. The van der Waals surface area contributed by atoms with Crippen molar-refractivity contribution in [2.45, 2.75) is 6.42 Å². The Balaban J connectivity index is 2.14. The van der Waals surface area contributed by atoms with Crippen molar-refractivity contribution in [2.24, 2.45) is 0 Å². The summed E-state index contributed by atoms with van der Waals surface area (Å²) in [4.78, 5) is 15.6. The number of halogens is 1. The van der Waals surface area contributed by atoms with Gasteiger partial charge in [0.05, 0.1) is 5.52 Å². The van der Waals surface area contributed by atoms with Crippen LogP contribution in [-0.4, -0.2) is 20.5 Å². The van der Waals surface area contributed by atoms with Crippen LogP contribution in [0.25, 0.3) is 5.52 Å². The van der Waals surface area contributed by atoms with Crippen LogP contribution in [-0.2, 0) is 6.42 Å². The minimum atomic E-state index is -1.01. The maximum Gasteiger partial charge on any atom is 0.356 e. The molecule has 0 fully saturated rings. The molecule has 0 atom stereocenters. The van der Waals surface area contributed by atoms with Crippen LogP contribution in [0.3, 0.4) is 0 Å². The molecule has 0 amide bonds. The van der Waals surface area contributed by atoms with Crippen molar-refractivity contribution in [3.05, 3.63) is 70.2 Å². The van der Waals surface area contributed by atoms with Crippen molar-refractivity contribution in [2.75, 3.05) is 0 Å². The molecule has 20 heavy (non-hydrogen) atoms. The predicted octanol–water partition coefficient (Wildman–Crippen LogP) is 3.39. The van der Waals surface area contributed by atoms with Crippen molar-refractivity contribution in [3.63, 3.8) is 0 Å². The summed E-state index contributed by atoms with van der Waals surface area (Å²) >= 11 is 3.36. The Kier molecular flexibility index (Phi) is 3.28. The van der Waals surface area contributed by atoms with Gasteiger partial charge in [0.1, 0.15) is 5.82 Å². The molecule has 3 rings (SSSR count). The van der Waals surface area contributed by atoms with E-state index in [9.17, 15) is 9.90 Å². The maximum atomic E-state index is 11.3. The lowest BCUT2D eigenvalue weighted by Crippen LogP contribution is -1.97. The smallest absolute Gasteiger partial charge is 0.356 e. The lowest BCUT2D eigenvalue weighted by Gasteiger charge is -2.01. The number of pyridine rings is 1. The third-order valence-electron chi connectivity index (χ3n) is 3.09. The van der Waals surface area contributed by atoms with Gasteiger partial charge in [-0.1, -0.05) is 46.3 Å². The predicted molar refractivity (Wildman–Crippen MR) is 79.1 cm³/mol. The molecule has 4 nitrogen and oxygen atoms in total. The first-order valence-corrected chi connectivity index (χ1v) is 6.88. The third-order valence-corrected chi connectivity index (χ3v) is 3.58. The van der Waals surface area contributed by atoms with Gasteiger partial charge in [-0.15, -0.1) is 0 Å². The number of carbonyl (C=O) groups is 1. The topological polar surface area (TPSA) is 54.6 Å². The number of benzene rings is 1. The molecule has 0 unspecified atom stereocenters. The molecule has 100 valence electrons. The zero-order chi connectivity index (χ0) is 14.1. The molecule has 0 bridgehead atoms. The lowest BCUT2D eigenvalue weighted by atomic mass is 10.1. The molecular weight excluding hydrogens is 320 g/mol. The van der Waals surface area contributed by atoms with Gasteiger partial charge in [0, 0.05) is 17.1 Å². The Hall–Kier alpha value is -2.14. The van der Waals surface area contributed by atoms with Gasteiger partial charge >= 0.3 is 5.97 Å². The Bertz CT molecular complexity index is 781. The standard InChI is InChI=1S/C15H11BrN2O2/c16-11-6-7-18-12(9-11)14(15(19)20)17-13(18)8-10-4-2-1-3-5-10/h1-7,9H,8H2,(H,19,20). The van der Waals surface area contributed by atoms with Crippen LogP contribution in [0.1, 0.15) is 21.9 Å². The first kappa shape index (κ1) is 12.9. The third kappa shape index (κ3) is 2.32. The molecule has 0 saturated heterocycles. The number of carboxylic acid groups (broad SMARTS) is 1. The Morgan fingerprint density at radius 3 is 2.70 bits per heavy atom. The van der Waals surface area contributed by atoms with Crippen LogP contribution in [0.15, 0.2) is 53.1 Å². The minimum absolute atomic E-state index is 0.0808. The number of fused-ring (bicyclic) bond motifs is 1. The summed E-state index contributed by atoms with van der Waals surface area (Å²) in [5.41, 5.74) is 1.77. The molecular formula is C15H11BrN2O2. The average molecular weight is 331 g/mol. The summed E-state index contributed by atoms with van der Waals surface area (Å²) in [7, 11) is 0. The largest absolute Gasteiger partial charge is 0.476 e. The molecule has 0 aliphatic heterocycles. The average Bonchev–Trinajstić information content (AvgIpc) is 2.78. The van der Waals surface area contributed by atoms with Gasteiger partial charge in [0.25, 0.3) is 0 Å². The van der Waals surface area contributed by atoms with Crippen molar-refractivity contribution in [1.29, 1.82) is 0 Å². The van der Waals surface area contributed by atoms with E-state index in [2.05, 4.69) is 20.9 Å². The highest BCUT2D eigenvalue weighted by Gasteiger charge is 2.16. The number of aromatic carboxylic acids is 1. The highest BCUT2D eigenvalue weighted by molar-refractivity contribution is 9.10. The fourth-order valence-corrected chi connectivity index (χ4v) is 2.52. The Morgan fingerprint density at radius 2 is 2.00 bits per heavy atom. The second kappa shape index (κ2) is 5.09. The summed E-state index contributed by atoms with van der Waals surface area (Å²) in [5.74, 6) is -0.295. The van der Waals surface area contributed by atoms with Crippen LogP contribution in [0.5, 0.6) is 0 Å². The SMILES string of the molecule is O=C(O)c1nc(Cc2ccccc2)n2ccc(Br)cc12. The summed E-state index contributed by atoms with van der Waals surface area (Å²) < 4.78 is 2.65. The van der Waals surface area contributed by atoms with Crippen molar-refractivity contribution < 1.29 is 9.90 Å². The molecule has 2 aromatic heterocycles. The Labute approximate surface area is 123 Å². The van der Waals surface area contributed by atoms with Gasteiger partial charge in [-0.2, -0.15) is 0 Å². The maximum absolute atomic E-state index is 11.3. The van der Waals surface area contributed by atoms with Crippen LogP contribution in [0.4, 0.5) is 0 Å². The van der Waals surface area contributed by atoms with E-state index < -0.39 is 5.97 Å². The molecule has 3 aromatic rings. The summed E-state index contributed by atoms with van der Waals surface area (Å²) in [6.45, 7) is 0. The van der Waals surface area contributed by atoms with Gasteiger partial charge in [0.15, 0.2) is 5.69 Å². The van der Waals surface area contributed by atoms with Gasteiger partial charge in [-0.25, -0.2) is 9.78 Å². The molecule has 0 spiro atoms. The number of hydrogen-bond donors (Lipinski definition) is 1. The van der Waals surface area contributed by atoms with E-state index in [0.717, 1.165) is 15.9 Å². The molecule has 0 aliphatic carbocycles. The number of hydrogen-bond acceptors (Lipinski definition) is 2. The highest BCUT2D eigenvalue weighted by atomic mass is 79.9. The van der Waals surface area contributed by atoms with E-state index in [1.54, 1.807) is 6.07 Å². The number of carboxylic acids is 1. The normalized spacial score (nSPS) is 10.8. The van der Waals surface area contributed by atoms with Gasteiger partial charge in [-0.05, 0) is 17.7 Å². The fraction of sp³-hybridized carbons (Fsp3) is 0.0667. The van der Waals surface area contributed by atoms with Crippen molar-refractivity contribution >= 4 is 27.4 Å². The lowest BCUT2D eigenvalue weighted by molar-refractivity contribution is 0.0693. The Morgan fingerprint density at radius 1 is 1.25 bits per heavy atom. The van der Waals surface area contributed by atoms with E-state index in [-0.39, 0.29) is 5.69 Å². The van der Waals surface area contributed by atoms with Crippen molar-refractivity contribution in [1.82, 2.24) is 9.38 Å². The van der Waals surface area contributed by atoms with Crippen LogP contribution in [0.2, 0.25) is 0 Å². The van der Waals surface area contributed by atoms with Crippen molar-refractivity contribution in [3.8, 4) is 0 Å². The summed E-state index contributed by atoms with van der Waals surface area (Å²) in [6, 6.07) is 13.5. The minimum Gasteiger partial charge on any atom is -0.476 e. The number of aromatic nitrogens is 2. The molecule has 0 saturated carbocycles. The monoisotopic (exact) mass is 330 g/mol. The number of rotatable bonds is 3. The summed E-state index contributed by atoms with van der Waals surface area (Å²) in [5, 5.41) is 9.26. The number of nitrogens with zero attached hydrogens (tertiary/aromatic N) is 2. The second-order valence-electron chi connectivity index (χ2n) is 4.44. The molecule has 5 heteroatoms. The summed E-state index contributed by atoms with van der Waals surface area (Å²) in [6.07, 6.45) is 2.42. The van der Waals surface area contributed by atoms with Crippen LogP contribution < -0.4 is 0 Å². The van der Waals surface area contributed by atoms with Gasteiger partial charge in [0.2, 0.25) is 0 Å². The van der Waals surface area contributed by atoms with Gasteiger partial charge < -0.3 is 9.51 Å². The molecule has 1 N–H and O–H groups in total. The van der Waals surface area contributed by atoms with E-state index in [0.29, 0.717) is 11.9 Å². The van der Waals surface area contributed by atoms with E-state index in [4.69, 9.17) is 0 Å². The van der Waals surface area contributed by atoms with E-state index in [1.165, 1.54) is 0 Å². The molecule has 0 radical (unpaired) electrons. The van der Waals surface area contributed by atoms with Gasteiger partial charge in [-0.3, -0.25) is 0 Å². The first-order valence-electron chi connectivity index (χ1n) is 6.09. The van der Waals surface area contributed by atoms with Crippen LogP contribution in [0, 0.1) is 0 Å². The number of imidazole rings is 1. The van der Waals surface area contributed by atoms with E-state index in [1.807, 2.05) is 47.0 Å². The quantitative estimate of drug-likeness (QED) is 0.800. The zero-order valence-corrected chi connectivity index (χ0v) is 12.0. The van der Waals surface area contributed by atoms with Crippen LogP contribution >= 0.6 is 15.9 Å². The fourth-order valence-electron chi connectivity index (χ4n) is 2.18.